The summed E-state index contributed by atoms with van der Waals surface area (Å²) in [4.78, 5) is 0. The molecule has 0 saturated carbocycles. The smallest absolute Gasteiger partial charge is 0.00314 e. The fourth-order valence-corrected chi connectivity index (χ4v) is 1.39. The second-order valence-electron chi connectivity index (χ2n) is 2.73. The molecule has 0 aliphatic heterocycles. The summed E-state index contributed by atoms with van der Waals surface area (Å²) in [5, 5.41) is 1.17. The third kappa shape index (κ3) is 6.36. The first kappa shape index (κ1) is 9.48. The van der Waals surface area contributed by atoms with Gasteiger partial charge in [0.1, 0.15) is 0 Å². The van der Waals surface area contributed by atoms with E-state index >= 15 is 0 Å². The highest BCUT2D eigenvalue weighted by molar-refractivity contribution is 9.09. The van der Waals surface area contributed by atoms with Crippen LogP contribution in [-0.2, 0) is 0 Å². The van der Waals surface area contributed by atoms with Gasteiger partial charge in [-0.3, -0.25) is 0 Å². The summed E-state index contributed by atoms with van der Waals surface area (Å²) in [6.45, 7) is 4.59. The van der Waals surface area contributed by atoms with E-state index in [2.05, 4.69) is 29.8 Å². The highest BCUT2D eigenvalue weighted by Gasteiger charge is 1.97. The molecule has 0 aromatic heterocycles. The SMILES string of the molecule is CCC[C@H](C)CCCBr. The summed E-state index contributed by atoms with van der Waals surface area (Å²) in [6.07, 6.45) is 5.46. The number of halogens is 1. The van der Waals surface area contributed by atoms with Gasteiger partial charge in [0.25, 0.3) is 0 Å². The average Bonchev–Trinajstić information content (AvgIpc) is 1.85. The molecule has 0 aliphatic carbocycles. The van der Waals surface area contributed by atoms with E-state index in [4.69, 9.17) is 0 Å². The molecule has 1 heteroatoms. The van der Waals surface area contributed by atoms with Gasteiger partial charge >= 0.3 is 0 Å². The van der Waals surface area contributed by atoms with Gasteiger partial charge in [0.15, 0.2) is 0 Å². The second kappa shape index (κ2) is 6.60. The maximum Gasteiger partial charge on any atom is 0.00314 e. The zero-order chi connectivity index (χ0) is 7.11. The van der Waals surface area contributed by atoms with Crippen LogP contribution in [0, 0.1) is 5.92 Å². The summed E-state index contributed by atoms with van der Waals surface area (Å²) in [5.41, 5.74) is 0. The van der Waals surface area contributed by atoms with Gasteiger partial charge in [0, 0.05) is 5.33 Å². The molecular formula is C8H17Br. The van der Waals surface area contributed by atoms with Crippen LogP contribution in [0.25, 0.3) is 0 Å². The van der Waals surface area contributed by atoms with Crippen LogP contribution >= 0.6 is 15.9 Å². The van der Waals surface area contributed by atoms with Gasteiger partial charge in [-0.15, -0.1) is 0 Å². The zero-order valence-electron chi connectivity index (χ0n) is 6.49. The number of rotatable bonds is 5. The number of hydrogen-bond acceptors (Lipinski definition) is 0. The number of hydrogen-bond donors (Lipinski definition) is 0. The van der Waals surface area contributed by atoms with Crippen molar-refractivity contribution in [3.63, 3.8) is 0 Å². The van der Waals surface area contributed by atoms with Crippen molar-refractivity contribution in [3.05, 3.63) is 0 Å². The first-order valence-electron chi connectivity index (χ1n) is 3.87. The van der Waals surface area contributed by atoms with Crippen molar-refractivity contribution in [1.82, 2.24) is 0 Å². The molecule has 0 bridgehead atoms. The maximum absolute atomic E-state index is 3.43. The summed E-state index contributed by atoms with van der Waals surface area (Å²) in [5.74, 6) is 0.938. The van der Waals surface area contributed by atoms with Crippen LogP contribution in [0.1, 0.15) is 39.5 Å². The molecule has 0 amide bonds. The minimum atomic E-state index is 0.938. The molecule has 0 aromatic carbocycles. The Labute approximate surface area is 67.2 Å². The minimum Gasteiger partial charge on any atom is -0.0928 e. The van der Waals surface area contributed by atoms with Gasteiger partial charge < -0.3 is 0 Å². The standard InChI is InChI=1S/C8H17Br/c1-3-5-8(2)6-4-7-9/h8H,3-7H2,1-2H3/t8-/m0/s1. The van der Waals surface area contributed by atoms with Crippen LogP contribution in [0.3, 0.4) is 0 Å². The van der Waals surface area contributed by atoms with Crippen LogP contribution in [0.2, 0.25) is 0 Å². The fourth-order valence-electron chi connectivity index (χ4n) is 1.06. The van der Waals surface area contributed by atoms with Crippen molar-refractivity contribution < 1.29 is 0 Å². The summed E-state index contributed by atoms with van der Waals surface area (Å²) in [7, 11) is 0. The van der Waals surface area contributed by atoms with Crippen LogP contribution in [0.15, 0.2) is 0 Å². The van der Waals surface area contributed by atoms with E-state index in [1.165, 1.54) is 31.0 Å². The first-order valence-corrected chi connectivity index (χ1v) is 4.99. The first-order chi connectivity index (χ1) is 4.31. The van der Waals surface area contributed by atoms with E-state index in [9.17, 15) is 0 Å². The average molecular weight is 193 g/mol. The molecule has 1 atom stereocenters. The van der Waals surface area contributed by atoms with E-state index in [1.54, 1.807) is 0 Å². The van der Waals surface area contributed by atoms with Crippen molar-refractivity contribution in [2.24, 2.45) is 5.92 Å². The normalized spacial score (nSPS) is 13.7. The molecule has 0 unspecified atom stereocenters. The quantitative estimate of drug-likeness (QED) is 0.585. The predicted octanol–water partition coefficient (Wildman–Crippen LogP) is 3.60. The van der Waals surface area contributed by atoms with E-state index in [-0.39, 0.29) is 0 Å². The summed E-state index contributed by atoms with van der Waals surface area (Å²) in [6, 6.07) is 0. The van der Waals surface area contributed by atoms with Gasteiger partial charge in [0.2, 0.25) is 0 Å². The summed E-state index contributed by atoms with van der Waals surface area (Å²) < 4.78 is 0. The van der Waals surface area contributed by atoms with Crippen molar-refractivity contribution in [3.8, 4) is 0 Å². The predicted molar refractivity (Wildman–Crippen MR) is 47.1 cm³/mol. The van der Waals surface area contributed by atoms with Crippen molar-refractivity contribution >= 4 is 15.9 Å². The topological polar surface area (TPSA) is 0 Å². The van der Waals surface area contributed by atoms with Gasteiger partial charge in [-0.05, 0) is 18.8 Å². The summed E-state index contributed by atoms with van der Waals surface area (Å²) >= 11 is 3.43. The lowest BCUT2D eigenvalue weighted by atomic mass is 10.0. The molecule has 0 spiro atoms. The molecule has 0 saturated heterocycles. The van der Waals surface area contributed by atoms with Crippen LogP contribution < -0.4 is 0 Å². The minimum absolute atomic E-state index is 0.938. The molecule has 56 valence electrons. The highest BCUT2D eigenvalue weighted by Crippen LogP contribution is 2.12. The Morgan fingerprint density at radius 1 is 1.33 bits per heavy atom. The monoisotopic (exact) mass is 192 g/mol. The Balaban J connectivity index is 2.95. The number of alkyl halides is 1. The molecule has 0 heterocycles. The lowest BCUT2D eigenvalue weighted by molar-refractivity contribution is 0.483. The van der Waals surface area contributed by atoms with Gasteiger partial charge in [-0.2, -0.15) is 0 Å². The van der Waals surface area contributed by atoms with Crippen molar-refractivity contribution in [2.75, 3.05) is 5.33 Å². The lowest BCUT2D eigenvalue weighted by Crippen LogP contribution is -1.93. The fraction of sp³-hybridized carbons (Fsp3) is 1.00. The molecular weight excluding hydrogens is 176 g/mol. The Morgan fingerprint density at radius 3 is 2.44 bits per heavy atom. The molecule has 0 fully saturated rings. The van der Waals surface area contributed by atoms with E-state index in [0.29, 0.717) is 0 Å². The van der Waals surface area contributed by atoms with Gasteiger partial charge in [-0.1, -0.05) is 42.6 Å². The Hall–Kier alpha value is 0.480. The van der Waals surface area contributed by atoms with Gasteiger partial charge in [0.05, 0.1) is 0 Å². The maximum atomic E-state index is 3.43. The van der Waals surface area contributed by atoms with Crippen LogP contribution in [0.5, 0.6) is 0 Å². The highest BCUT2D eigenvalue weighted by atomic mass is 79.9. The zero-order valence-corrected chi connectivity index (χ0v) is 8.08. The third-order valence-electron chi connectivity index (χ3n) is 1.61. The van der Waals surface area contributed by atoms with Gasteiger partial charge in [-0.25, -0.2) is 0 Å². The molecule has 0 aliphatic rings. The molecule has 0 radical (unpaired) electrons. The Kier molecular flexibility index (Phi) is 6.95. The van der Waals surface area contributed by atoms with Crippen molar-refractivity contribution in [1.29, 1.82) is 0 Å². The molecule has 0 N–H and O–H groups in total. The molecule has 0 rings (SSSR count). The Morgan fingerprint density at radius 2 is 2.00 bits per heavy atom. The second-order valence-corrected chi connectivity index (χ2v) is 3.52. The lowest BCUT2D eigenvalue weighted by Gasteiger charge is -2.06. The molecule has 0 nitrogen and oxygen atoms in total. The van der Waals surface area contributed by atoms with Crippen molar-refractivity contribution in [2.45, 2.75) is 39.5 Å². The van der Waals surface area contributed by atoms with Crippen LogP contribution in [0.4, 0.5) is 0 Å². The third-order valence-corrected chi connectivity index (χ3v) is 2.17. The Bertz CT molecular complexity index is 52.5. The van der Waals surface area contributed by atoms with Crippen LogP contribution in [-0.4, -0.2) is 5.33 Å². The van der Waals surface area contributed by atoms with E-state index in [1.807, 2.05) is 0 Å². The molecule has 9 heavy (non-hydrogen) atoms. The van der Waals surface area contributed by atoms with E-state index in [0.717, 1.165) is 5.92 Å². The van der Waals surface area contributed by atoms with E-state index < -0.39 is 0 Å². The largest absolute Gasteiger partial charge is 0.0928 e. The molecule has 0 aromatic rings.